The van der Waals surface area contributed by atoms with Gasteiger partial charge in [-0.3, -0.25) is 4.79 Å². The van der Waals surface area contributed by atoms with Gasteiger partial charge in [-0.25, -0.2) is 4.79 Å². The van der Waals surface area contributed by atoms with Gasteiger partial charge in [-0.15, -0.1) is 0 Å². The summed E-state index contributed by atoms with van der Waals surface area (Å²) in [5.41, 5.74) is 2.49. The van der Waals surface area contributed by atoms with Gasteiger partial charge in [0.05, 0.1) is 18.8 Å². The molecule has 1 fully saturated rings. The van der Waals surface area contributed by atoms with Crippen LogP contribution in [0.3, 0.4) is 0 Å². The van der Waals surface area contributed by atoms with E-state index in [0.717, 1.165) is 24.0 Å². The molecule has 0 radical (unpaired) electrons. The Kier molecular flexibility index (Phi) is 5.74. The Balaban J connectivity index is 1.90. The van der Waals surface area contributed by atoms with Crippen LogP contribution in [-0.4, -0.2) is 47.6 Å². The fraction of sp³-hybridized carbons (Fsp3) is 0.727. The summed E-state index contributed by atoms with van der Waals surface area (Å²) in [4.78, 5) is 22.8. The number of hydrogen-bond donors (Lipinski definition) is 2. The second kappa shape index (κ2) is 7.64. The summed E-state index contributed by atoms with van der Waals surface area (Å²) in [5.74, 6) is -0.749. The van der Waals surface area contributed by atoms with Gasteiger partial charge in [-0.05, 0) is 50.0 Å². The quantitative estimate of drug-likeness (QED) is 0.552. The van der Waals surface area contributed by atoms with Crippen molar-refractivity contribution < 1.29 is 29.3 Å². The molecule has 28 heavy (non-hydrogen) atoms. The van der Waals surface area contributed by atoms with Crippen LogP contribution in [0.5, 0.6) is 0 Å². The number of rotatable bonds is 5. The number of carbonyl (C=O) groups excluding carboxylic acids is 2. The van der Waals surface area contributed by atoms with Crippen LogP contribution in [0.15, 0.2) is 22.8 Å². The highest BCUT2D eigenvalue weighted by Crippen LogP contribution is 2.60. The lowest BCUT2D eigenvalue weighted by Crippen LogP contribution is -2.57. The molecule has 0 unspecified atom stereocenters. The van der Waals surface area contributed by atoms with Crippen molar-refractivity contribution in [3.63, 3.8) is 0 Å². The minimum absolute atomic E-state index is 0.114. The average Bonchev–Trinajstić information content (AvgIpc) is 2.96. The van der Waals surface area contributed by atoms with E-state index in [2.05, 4.69) is 13.8 Å². The first kappa shape index (κ1) is 21.1. The van der Waals surface area contributed by atoms with E-state index < -0.39 is 23.0 Å². The Morgan fingerprint density at radius 1 is 1.29 bits per heavy atom. The van der Waals surface area contributed by atoms with Gasteiger partial charge >= 0.3 is 11.9 Å². The van der Waals surface area contributed by atoms with Crippen LogP contribution in [-0.2, 0) is 19.1 Å². The lowest BCUT2D eigenvalue weighted by Gasteiger charge is -2.58. The highest BCUT2D eigenvalue weighted by Gasteiger charge is 2.58. The number of aliphatic hydroxyl groups excluding tert-OH is 2. The Morgan fingerprint density at radius 3 is 2.61 bits per heavy atom. The first-order chi connectivity index (χ1) is 13.0. The molecule has 0 aromatic rings. The Hall–Kier alpha value is -1.66. The number of carbonyl (C=O) groups is 2. The maximum absolute atomic E-state index is 11.4. The van der Waals surface area contributed by atoms with Crippen LogP contribution in [0.4, 0.5) is 0 Å². The van der Waals surface area contributed by atoms with Crippen LogP contribution < -0.4 is 0 Å². The van der Waals surface area contributed by atoms with Crippen LogP contribution in [0.25, 0.3) is 0 Å². The van der Waals surface area contributed by atoms with Crippen molar-refractivity contribution in [1.82, 2.24) is 0 Å². The molecule has 0 saturated heterocycles. The highest BCUT2D eigenvalue weighted by molar-refractivity contribution is 5.85. The minimum Gasteiger partial charge on any atom is -0.465 e. The normalized spacial score (nSPS) is 38.0. The first-order valence-electron chi connectivity index (χ1n) is 10.1. The van der Waals surface area contributed by atoms with Gasteiger partial charge in [0, 0.05) is 24.3 Å². The number of hydrogen-bond acceptors (Lipinski definition) is 6. The first-order valence-corrected chi connectivity index (χ1v) is 10.1. The zero-order chi connectivity index (χ0) is 20.7. The average molecular weight is 392 g/mol. The second-order valence-corrected chi connectivity index (χ2v) is 9.33. The molecule has 0 aromatic carbocycles. The number of esters is 2. The third kappa shape index (κ3) is 3.90. The van der Waals surface area contributed by atoms with E-state index >= 15 is 0 Å². The Labute approximate surface area is 166 Å². The van der Waals surface area contributed by atoms with Gasteiger partial charge in [0.2, 0.25) is 0 Å². The summed E-state index contributed by atoms with van der Waals surface area (Å²) >= 11 is 0. The van der Waals surface area contributed by atoms with Crippen molar-refractivity contribution in [2.45, 2.75) is 72.0 Å². The van der Waals surface area contributed by atoms with E-state index in [4.69, 9.17) is 9.47 Å². The van der Waals surface area contributed by atoms with Gasteiger partial charge < -0.3 is 19.7 Å². The summed E-state index contributed by atoms with van der Waals surface area (Å²) in [6.45, 7) is 8.10. The fourth-order valence-electron chi connectivity index (χ4n) is 6.12. The van der Waals surface area contributed by atoms with Gasteiger partial charge in [0.25, 0.3) is 0 Å². The van der Waals surface area contributed by atoms with E-state index in [1.807, 2.05) is 6.92 Å². The molecule has 0 amide bonds. The Bertz CT molecular complexity index is 723. The monoisotopic (exact) mass is 392 g/mol. The summed E-state index contributed by atoms with van der Waals surface area (Å²) in [5, 5.41) is 21.7. The molecule has 0 spiro atoms. The molecule has 3 aliphatic rings. The largest absolute Gasteiger partial charge is 0.465 e. The van der Waals surface area contributed by atoms with E-state index in [0.29, 0.717) is 25.9 Å². The molecular formula is C22H32O6. The minimum atomic E-state index is -0.544. The molecule has 156 valence electrons. The van der Waals surface area contributed by atoms with Gasteiger partial charge in [0.1, 0.15) is 6.61 Å². The smallest absolute Gasteiger partial charge is 0.331 e. The van der Waals surface area contributed by atoms with E-state index in [1.54, 1.807) is 6.08 Å². The predicted octanol–water partition coefficient (Wildman–Crippen LogP) is 2.68. The van der Waals surface area contributed by atoms with Crippen molar-refractivity contribution in [1.29, 1.82) is 0 Å². The molecule has 5 atom stereocenters. The zero-order valence-electron chi connectivity index (χ0n) is 17.3. The van der Waals surface area contributed by atoms with Crippen molar-refractivity contribution in [2.24, 2.45) is 16.7 Å². The molecule has 0 bridgehead atoms. The van der Waals surface area contributed by atoms with Crippen molar-refractivity contribution in [2.75, 3.05) is 13.2 Å². The molecule has 2 N–H and O–H groups in total. The predicted molar refractivity (Wildman–Crippen MR) is 103 cm³/mol. The van der Waals surface area contributed by atoms with E-state index in [9.17, 15) is 19.8 Å². The fourth-order valence-corrected chi connectivity index (χ4v) is 6.12. The number of ether oxygens (including phenoxy) is 2. The molecule has 3 rings (SSSR count). The van der Waals surface area contributed by atoms with Gasteiger partial charge in [-0.1, -0.05) is 25.0 Å². The van der Waals surface area contributed by atoms with Crippen molar-refractivity contribution in [3.8, 4) is 0 Å². The highest BCUT2D eigenvalue weighted by atomic mass is 16.5. The van der Waals surface area contributed by atoms with Gasteiger partial charge in [0.15, 0.2) is 0 Å². The van der Waals surface area contributed by atoms with E-state index in [-0.39, 0.29) is 24.5 Å². The molecule has 1 aliphatic heterocycles. The number of allylic oxidation sites excluding steroid dienone is 1. The van der Waals surface area contributed by atoms with Crippen LogP contribution in [0, 0.1) is 16.7 Å². The third-order valence-electron chi connectivity index (χ3n) is 6.93. The molecule has 2 aliphatic carbocycles. The SMILES string of the molecule is CC(=O)OC[C@@]1(C)C[C@H](O)C[C@]2(C)C(CCC3=CC(=O)OC3)=C(C)C[C@H](O)[C@H]12. The second-order valence-electron chi connectivity index (χ2n) is 9.33. The molecule has 6 heteroatoms. The topological polar surface area (TPSA) is 93.1 Å². The molecular weight excluding hydrogens is 360 g/mol. The number of fused-ring (bicyclic) bond motifs is 1. The number of aliphatic hydroxyl groups is 2. The third-order valence-corrected chi connectivity index (χ3v) is 6.93. The summed E-state index contributed by atoms with van der Waals surface area (Å²) in [6, 6.07) is 0. The van der Waals surface area contributed by atoms with Crippen molar-refractivity contribution in [3.05, 3.63) is 22.8 Å². The zero-order valence-corrected chi connectivity index (χ0v) is 17.3. The van der Waals surface area contributed by atoms with Crippen LogP contribution in [0.1, 0.15) is 59.8 Å². The lowest BCUT2D eigenvalue weighted by atomic mass is 9.48. The van der Waals surface area contributed by atoms with Crippen molar-refractivity contribution >= 4 is 11.9 Å². The maximum atomic E-state index is 11.4. The molecule has 0 aromatic heterocycles. The summed E-state index contributed by atoms with van der Waals surface area (Å²) in [7, 11) is 0. The molecule has 6 nitrogen and oxygen atoms in total. The van der Waals surface area contributed by atoms with Crippen LogP contribution in [0.2, 0.25) is 0 Å². The Morgan fingerprint density at radius 2 is 2.00 bits per heavy atom. The molecule has 1 saturated carbocycles. The van der Waals surface area contributed by atoms with E-state index in [1.165, 1.54) is 12.5 Å². The summed E-state index contributed by atoms with van der Waals surface area (Å²) < 4.78 is 10.4. The standard InChI is InChI=1S/C22H32O6/c1-13-7-18(25)20-21(3,12-28-14(2)23)9-16(24)10-22(20,4)17(13)6-5-15-8-19(26)27-11-15/h8,16,18,20,24-25H,5-7,9-12H2,1-4H3/t16-,18-,20+,21+,22+/m0/s1. The molecule has 1 heterocycles. The lowest BCUT2D eigenvalue weighted by molar-refractivity contribution is -0.164. The van der Waals surface area contributed by atoms with Gasteiger partial charge in [-0.2, -0.15) is 0 Å². The van der Waals surface area contributed by atoms with Crippen LogP contribution >= 0.6 is 0 Å². The maximum Gasteiger partial charge on any atom is 0.331 e. The summed E-state index contributed by atoms with van der Waals surface area (Å²) in [6.07, 6.45) is 3.65. The number of cyclic esters (lactones) is 1.